The summed E-state index contributed by atoms with van der Waals surface area (Å²) in [5, 5.41) is 21.6. The average molecular weight is 522 g/mol. The summed E-state index contributed by atoms with van der Waals surface area (Å²) in [7, 11) is 1.54. The summed E-state index contributed by atoms with van der Waals surface area (Å²) < 4.78 is 30.8. The Morgan fingerprint density at radius 2 is 1.92 bits per heavy atom. The van der Waals surface area contributed by atoms with E-state index in [1.807, 2.05) is 6.92 Å². The minimum atomic E-state index is -1.46. The van der Waals surface area contributed by atoms with E-state index in [-0.39, 0.29) is 43.8 Å². The van der Waals surface area contributed by atoms with Gasteiger partial charge < -0.3 is 24.4 Å². The molecule has 1 fully saturated rings. The summed E-state index contributed by atoms with van der Waals surface area (Å²) >= 11 is 0. The van der Waals surface area contributed by atoms with E-state index in [1.54, 1.807) is 43.3 Å². The van der Waals surface area contributed by atoms with Crippen LogP contribution in [0.2, 0.25) is 0 Å². The summed E-state index contributed by atoms with van der Waals surface area (Å²) in [5.41, 5.74) is 0.463. The number of nitrogens with zero attached hydrogens (tertiary/aromatic N) is 1. The molecule has 2 heterocycles. The first-order chi connectivity index (χ1) is 18.1. The second-order valence-corrected chi connectivity index (χ2v) is 10.6. The van der Waals surface area contributed by atoms with Gasteiger partial charge in [0.15, 0.2) is 17.3 Å². The number of pyridine rings is 1. The second kappa shape index (κ2) is 10.0. The number of benzene rings is 2. The van der Waals surface area contributed by atoms with Crippen LogP contribution in [-0.2, 0) is 11.0 Å². The number of hydrogen-bond acceptors (Lipinski definition) is 7. The molecule has 0 bridgehead atoms. The minimum Gasteiger partial charge on any atom is -0.493 e. The van der Waals surface area contributed by atoms with Crippen molar-refractivity contribution in [2.24, 2.45) is 0 Å². The summed E-state index contributed by atoms with van der Waals surface area (Å²) in [6.07, 6.45) is 2.42. The van der Waals surface area contributed by atoms with Crippen molar-refractivity contribution in [2.75, 3.05) is 20.3 Å². The van der Waals surface area contributed by atoms with Crippen molar-refractivity contribution < 1.29 is 33.6 Å². The zero-order chi connectivity index (χ0) is 27.1. The van der Waals surface area contributed by atoms with Gasteiger partial charge in [-0.15, -0.1) is 0 Å². The van der Waals surface area contributed by atoms with E-state index in [4.69, 9.17) is 19.2 Å². The molecule has 38 heavy (non-hydrogen) atoms. The summed E-state index contributed by atoms with van der Waals surface area (Å²) in [6, 6.07) is 12.7. The third-order valence-electron chi connectivity index (χ3n) is 7.32. The Bertz CT molecular complexity index is 1350. The molecule has 3 aromatic rings. The number of aliphatic hydroxyl groups excluding tert-OH is 1. The number of hydrogen-bond donors (Lipinski definition) is 2. The molecule has 2 N–H and O–H groups in total. The van der Waals surface area contributed by atoms with Gasteiger partial charge in [0.2, 0.25) is 0 Å². The highest BCUT2D eigenvalue weighted by molar-refractivity contribution is 5.96. The van der Waals surface area contributed by atoms with Crippen LogP contribution in [0.15, 0.2) is 48.5 Å². The van der Waals surface area contributed by atoms with Crippen LogP contribution < -0.4 is 14.2 Å². The Hall–Kier alpha value is -3.49. The van der Waals surface area contributed by atoms with Crippen LogP contribution in [0.1, 0.15) is 61.1 Å². The fourth-order valence-corrected chi connectivity index (χ4v) is 4.58. The maximum Gasteiger partial charge on any atom is 0.163 e. The molecule has 2 aromatic carbocycles. The number of halogens is 1. The Morgan fingerprint density at radius 1 is 1.18 bits per heavy atom. The Morgan fingerprint density at radius 3 is 2.58 bits per heavy atom. The van der Waals surface area contributed by atoms with Crippen molar-refractivity contribution in [1.29, 1.82) is 0 Å². The predicted octanol–water partition coefficient (Wildman–Crippen LogP) is 4.95. The van der Waals surface area contributed by atoms with Gasteiger partial charge in [0.1, 0.15) is 29.5 Å². The van der Waals surface area contributed by atoms with Gasteiger partial charge in [-0.3, -0.25) is 4.79 Å². The first kappa shape index (κ1) is 26.1. The van der Waals surface area contributed by atoms with Crippen molar-refractivity contribution in [2.45, 2.75) is 56.7 Å². The topological polar surface area (TPSA) is 98.1 Å². The number of fused-ring (bicyclic) bond motifs is 1. The van der Waals surface area contributed by atoms with E-state index in [1.165, 1.54) is 19.2 Å². The molecule has 1 aliphatic heterocycles. The van der Waals surface area contributed by atoms with Crippen molar-refractivity contribution in [3.05, 3.63) is 71.2 Å². The number of carbonyl (C=O) groups excluding carboxylic acids is 1. The van der Waals surface area contributed by atoms with E-state index >= 15 is 0 Å². The lowest BCUT2D eigenvalue weighted by molar-refractivity contribution is 0.0396. The zero-order valence-corrected chi connectivity index (χ0v) is 21.8. The smallest absolute Gasteiger partial charge is 0.163 e. The quantitative estimate of drug-likeness (QED) is 0.364. The molecule has 0 amide bonds. The van der Waals surface area contributed by atoms with Crippen molar-refractivity contribution >= 4 is 5.78 Å². The molecule has 1 unspecified atom stereocenters. The van der Waals surface area contributed by atoms with Crippen LogP contribution >= 0.6 is 0 Å². The van der Waals surface area contributed by atoms with Gasteiger partial charge in [-0.2, -0.15) is 0 Å². The molecule has 5 rings (SSSR count). The molecule has 2 aliphatic rings. The molecular weight excluding hydrogens is 489 g/mol. The summed E-state index contributed by atoms with van der Waals surface area (Å²) in [5.74, 6) is 1.09. The summed E-state index contributed by atoms with van der Waals surface area (Å²) in [6.45, 7) is 3.58. The normalized spacial score (nSPS) is 19.8. The largest absolute Gasteiger partial charge is 0.493 e. The van der Waals surface area contributed by atoms with Gasteiger partial charge in [-0.1, -0.05) is 0 Å². The van der Waals surface area contributed by atoms with Crippen LogP contribution in [0, 0.1) is 5.82 Å². The maximum absolute atomic E-state index is 13.6. The van der Waals surface area contributed by atoms with Crippen molar-refractivity contribution in [3.63, 3.8) is 0 Å². The van der Waals surface area contributed by atoms with Crippen LogP contribution in [0.3, 0.4) is 0 Å². The van der Waals surface area contributed by atoms with Crippen LogP contribution in [-0.4, -0.2) is 47.4 Å². The monoisotopic (exact) mass is 521 g/mol. The molecule has 1 aromatic heterocycles. The van der Waals surface area contributed by atoms with E-state index in [0.29, 0.717) is 45.3 Å². The van der Waals surface area contributed by atoms with E-state index in [2.05, 4.69) is 0 Å². The fraction of sp³-hybridized carbons (Fsp3) is 0.400. The molecule has 1 aliphatic carbocycles. The van der Waals surface area contributed by atoms with Gasteiger partial charge in [0, 0.05) is 23.1 Å². The number of rotatable bonds is 10. The highest BCUT2D eigenvalue weighted by Crippen LogP contribution is 2.46. The number of Topliss-reactive ketones (excluding diaryl/α,β-unsaturated/α-hetero) is 1. The molecule has 8 heteroatoms. The summed E-state index contributed by atoms with van der Waals surface area (Å²) in [4.78, 5) is 17.8. The van der Waals surface area contributed by atoms with Gasteiger partial charge >= 0.3 is 0 Å². The zero-order valence-electron chi connectivity index (χ0n) is 21.8. The number of aliphatic hydroxyl groups is 2. The van der Waals surface area contributed by atoms with E-state index < -0.39 is 11.0 Å². The number of aromatic nitrogens is 1. The lowest BCUT2D eigenvalue weighted by Gasteiger charge is -2.26. The first-order valence-electron chi connectivity index (χ1n) is 12.8. The third kappa shape index (κ3) is 5.11. The molecule has 0 saturated heterocycles. The highest BCUT2D eigenvalue weighted by Gasteiger charge is 2.40. The highest BCUT2D eigenvalue weighted by atomic mass is 19.1. The van der Waals surface area contributed by atoms with Crippen LogP contribution in [0.4, 0.5) is 4.39 Å². The predicted molar refractivity (Wildman–Crippen MR) is 139 cm³/mol. The minimum absolute atomic E-state index is 0.0669. The first-order valence-corrected chi connectivity index (χ1v) is 12.8. The standard InChI is InChI=1S/C30H32FNO6/c1-29(16-33)17-37-28-22(29)15-26(32-27(28)18-4-7-20(31)8-5-18)30(2,35)13-12-23(34)19-6-11-24(25(14-19)36-3)38-21-9-10-21/h4-8,11,14-15,21,33,35H,9-10,12-13,16-17H2,1-3H3/t29-,30?/m0/s1. The average Bonchev–Trinajstić information content (AvgIpc) is 3.68. The molecule has 1 saturated carbocycles. The number of ether oxygens (including phenoxy) is 3. The van der Waals surface area contributed by atoms with Gasteiger partial charge in [0.25, 0.3) is 0 Å². The van der Waals surface area contributed by atoms with Crippen molar-refractivity contribution in [3.8, 4) is 28.5 Å². The third-order valence-corrected chi connectivity index (χ3v) is 7.32. The van der Waals surface area contributed by atoms with E-state index in [0.717, 1.165) is 12.8 Å². The van der Waals surface area contributed by atoms with Crippen LogP contribution in [0.25, 0.3) is 11.3 Å². The van der Waals surface area contributed by atoms with Gasteiger partial charge in [0.05, 0.1) is 30.9 Å². The molecule has 2 atom stereocenters. The van der Waals surface area contributed by atoms with Crippen LogP contribution in [0.5, 0.6) is 17.2 Å². The number of methoxy groups -OCH3 is 1. The van der Waals surface area contributed by atoms with Gasteiger partial charge in [-0.25, -0.2) is 9.37 Å². The molecule has 0 radical (unpaired) electrons. The molecule has 7 nitrogen and oxygen atoms in total. The molecule has 0 spiro atoms. The maximum atomic E-state index is 13.6. The molecular formula is C30H32FNO6. The van der Waals surface area contributed by atoms with E-state index in [9.17, 15) is 19.4 Å². The van der Waals surface area contributed by atoms with Crippen molar-refractivity contribution in [1.82, 2.24) is 4.98 Å². The lowest BCUT2D eigenvalue weighted by atomic mass is 9.82. The lowest BCUT2D eigenvalue weighted by Crippen LogP contribution is -2.29. The second-order valence-electron chi connectivity index (χ2n) is 10.6. The number of ketones is 1. The number of carbonyl (C=O) groups is 1. The SMILES string of the molecule is COc1cc(C(=O)CCC(C)(O)c2cc3c(c(-c4ccc(F)cc4)n2)OC[C@]3(C)CO)ccc1OC1CC1. The Labute approximate surface area is 221 Å². The van der Waals surface area contributed by atoms with Gasteiger partial charge in [-0.05, 0) is 81.6 Å². The fourth-order valence-electron chi connectivity index (χ4n) is 4.58. The molecule has 200 valence electrons. The Kier molecular flexibility index (Phi) is 6.88. The Balaban J connectivity index is 1.41.